The molecule has 1 aliphatic heterocycles. The third-order valence-electron chi connectivity index (χ3n) is 4.72. The highest BCUT2D eigenvalue weighted by atomic mass is 16.5. The Labute approximate surface area is 142 Å². The maximum Gasteiger partial charge on any atom is 0.100 e. The molecule has 0 unspecified atom stereocenters. The van der Waals surface area contributed by atoms with Crippen LogP contribution in [0.1, 0.15) is 11.1 Å². The third kappa shape index (κ3) is 2.95. The summed E-state index contributed by atoms with van der Waals surface area (Å²) in [5.41, 5.74) is 6.04. The van der Waals surface area contributed by atoms with Crippen LogP contribution in [0.3, 0.4) is 0 Å². The van der Waals surface area contributed by atoms with Crippen molar-refractivity contribution in [1.82, 2.24) is 14.7 Å². The first-order valence-corrected chi connectivity index (χ1v) is 8.53. The zero-order valence-corrected chi connectivity index (χ0v) is 14.3. The summed E-state index contributed by atoms with van der Waals surface area (Å²) in [6.45, 7) is 6.80. The van der Waals surface area contributed by atoms with Crippen LogP contribution in [0.25, 0.3) is 22.2 Å². The van der Waals surface area contributed by atoms with Gasteiger partial charge in [0.1, 0.15) is 5.69 Å². The number of hydrogen-bond acceptors (Lipinski definition) is 3. The monoisotopic (exact) mass is 321 g/mol. The van der Waals surface area contributed by atoms with E-state index in [4.69, 9.17) is 9.84 Å². The van der Waals surface area contributed by atoms with E-state index < -0.39 is 0 Å². The Morgan fingerprint density at radius 2 is 1.92 bits per heavy atom. The second-order valence-electron chi connectivity index (χ2n) is 6.58. The minimum absolute atomic E-state index is 0.837. The van der Waals surface area contributed by atoms with E-state index in [0.29, 0.717) is 0 Å². The molecule has 2 aromatic carbocycles. The van der Waals surface area contributed by atoms with Crippen molar-refractivity contribution in [3.8, 4) is 11.3 Å². The molecule has 24 heavy (non-hydrogen) atoms. The van der Waals surface area contributed by atoms with Gasteiger partial charge in [0.15, 0.2) is 0 Å². The standard InChI is InChI=1S/C20H23N3O/c1-15-6-7-19-18(12-15)20(21-22(19)2)17-5-3-4-16(13-17)14-23-8-10-24-11-9-23/h3-7,12-13H,8-11,14H2,1-2H3. The molecule has 0 atom stereocenters. The number of nitrogens with zero attached hydrogens (tertiary/aromatic N) is 3. The van der Waals surface area contributed by atoms with E-state index in [1.54, 1.807) is 0 Å². The number of aryl methyl sites for hydroxylation is 2. The molecule has 3 aromatic rings. The number of rotatable bonds is 3. The average molecular weight is 321 g/mol. The summed E-state index contributed by atoms with van der Waals surface area (Å²) in [6.07, 6.45) is 0. The van der Waals surface area contributed by atoms with Gasteiger partial charge in [-0.3, -0.25) is 9.58 Å². The molecule has 4 rings (SSSR count). The van der Waals surface area contributed by atoms with Crippen LogP contribution in [0.4, 0.5) is 0 Å². The highest BCUT2D eigenvalue weighted by Crippen LogP contribution is 2.29. The fourth-order valence-corrected chi connectivity index (χ4v) is 3.43. The largest absolute Gasteiger partial charge is 0.379 e. The zero-order valence-electron chi connectivity index (χ0n) is 14.3. The number of fused-ring (bicyclic) bond motifs is 1. The van der Waals surface area contributed by atoms with Gasteiger partial charge in [-0.2, -0.15) is 5.10 Å². The van der Waals surface area contributed by atoms with E-state index in [1.165, 1.54) is 27.6 Å². The van der Waals surface area contributed by atoms with Crippen molar-refractivity contribution >= 4 is 10.9 Å². The van der Waals surface area contributed by atoms with Gasteiger partial charge in [-0.15, -0.1) is 0 Å². The van der Waals surface area contributed by atoms with Crippen molar-refractivity contribution in [2.75, 3.05) is 26.3 Å². The molecule has 4 nitrogen and oxygen atoms in total. The topological polar surface area (TPSA) is 30.3 Å². The first kappa shape index (κ1) is 15.4. The van der Waals surface area contributed by atoms with Crippen LogP contribution in [0.5, 0.6) is 0 Å². The molecule has 0 spiro atoms. The summed E-state index contributed by atoms with van der Waals surface area (Å²) in [4.78, 5) is 2.45. The first-order valence-electron chi connectivity index (χ1n) is 8.53. The summed E-state index contributed by atoms with van der Waals surface area (Å²) in [7, 11) is 2.01. The Morgan fingerprint density at radius 3 is 2.75 bits per heavy atom. The van der Waals surface area contributed by atoms with Crippen LogP contribution >= 0.6 is 0 Å². The minimum atomic E-state index is 0.837. The van der Waals surface area contributed by atoms with Crippen LogP contribution in [0.2, 0.25) is 0 Å². The molecular formula is C20H23N3O. The Hall–Kier alpha value is -2.17. The quantitative estimate of drug-likeness (QED) is 0.741. The van der Waals surface area contributed by atoms with Crippen LogP contribution in [0, 0.1) is 6.92 Å². The van der Waals surface area contributed by atoms with Crippen molar-refractivity contribution < 1.29 is 4.74 Å². The lowest BCUT2D eigenvalue weighted by molar-refractivity contribution is 0.0342. The Balaban J connectivity index is 1.69. The van der Waals surface area contributed by atoms with E-state index in [1.807, 2.05) is 11.7 Å². The first-order chi connectivity index (χ1) is 11.7. The predicted octanol–water partition coefficient (Wildman–Crippen LogP) is 3.38. The number of benzene rings is 2. The van der Waals surface area contributed by atoms with Gasteiger partial charge in [-0.1, -0.05) is 29.8 Å². The van der Waals surface area contributed by atoms with Crippen LogP contribution in [-0.4, -0.2) is 41.0 Å². The molecular weight excluding hydrogens is 298 g/mol. The molecule has 1 fully saturated rings. The normalized spacial score (nSPS) is 15.9. The van der Waals surface area contributed by atoms with E-state index in [0.717, 1.165) is 38.5 Å². The molecule has 0 aliphatic carbocycles. The van der Waals surface area contributed by atoms with Crippen LogP contribution < -0.4 is 0 Å². The van der Waals surface area contributed by atoms with Crippen LogP contribution in [-0.2, 0) is 18.3 Å². The fourth-order valence-electron chi connectivity index (χ4n) is 3.43. The Kier molecular flexibility index (Phi) is 4.08. The van der Waals surface area contributed by atoms with Gasteiger partial charge >= 0.3 is 0 Å². The zero-order chi connectivity index (χ0) is 16.5. The Morgan fingerprint density at radius 1 is 1.08 bits per heavy atom. The summed E-state index contributed by atoms with van der Waals surface area (Å²) in [5.74, 6) is 0. The van der Waals surface area contributed by atoms with E-state index >= 15 is 0 Å². The van der Waals surface area contributed by atoms with Crippen molar-refractivity contribution in [2.24, 2.45) is 7.05 Å². The molecule has 1 aromatic heterocycles. The summed E-state index contributed by atoms with van der Waals surface area (Å²) in [6, 6.07) is 15.3. The number of aromatic nitrogens is 2. The molecule has 0 N–H and O–H groups in total. The molecule has 1 saturated heterocycles. The van der Waals surface area contributed by atoms with Crippen molar-refractivity contribution in [1.29, 1.82) is 0 Å². The van der Waals surface area contributed by atoms with Gasteiger partial charge in [0.2, 0.25) is 0 Å². The van der Waals surface area contributed by atoms with E-state index in [2.05, 4.69) is 54.3 Å². The molecule has 1 aliphatic rings. The minimum Gasteiger partial charge on any atom is -0.379 e. The van der Waals surface area contributed by atoms with Gasteiger partial charge in [-0.25, -0.2) is 0 Å². The lowest BCUT2D eigenvalue weighted by atomic mass is 10.0. The second-order valence-corrected chi connectivity index (χ2v) is 6.58. The van der Waals surface area contributed by atoms with Gasteiger partial charge < -0.3 is 4.74 Å². The highest BCUT2D eigenvalue weighted by Gasteiger charge is 2.13. The Bertz CT molecular complexity index is 862. The molecule has 0 amide bonds. The van der Waals surface area contributed by atoms with Crippen molar-refractivity contribution in [2.45, 2.75) is 13.5 Å². The molecule has 2 heterocycles. The molecule has 4 heteroatoms. The fraction of sp³-hybridized carbons (Fsp3) is 0.350. The summed E-state index contributed by atoms with van der Waals surface area (Å²) >= 11 is 0. The van der Waals surface area contributed by atoms with Crippen molar-refractivity contribution in [3.63, 3.8) is 0 Å². The molecule has 0 radical (unpaired) electrons. The molecule has 0 saturated carbocycles. The van der Waals surface area contributed by atoms with E-state index in [9.17, 15) is 0 Å². The van der Waals surface area contributed by atoms with Gasteiger partial charge in [0, 0.05) is 37.6 Å². The lowest BCUT2D eigenvalue weighted by Gasteiger charge is -2.26. The predicted molar refractivity (Wildman–Crippen MR) is 97.0 cm³/mol. The number of ether oxygens (including phenoxy) is 1. The maximum atomic E-state index is 5.44. The summed E-state index contributed by atoms with van der Waals surface area (Å²) in [5, 5.41) is 6.00. The lowest BCUT2D eigenvalue weighted by Crippen LogP contribution is -2.35. The number of morpholine rings is 1. The van der Waals surface area contributed by atoms with Crippen LogP contribution in [0.15, 0.2) is 42.5 Å². The average Bonchev–Trinajstić information content (AvgIpc) is 2.92. The highest BCUT2D eigenvalue weighted by molar-refractivity contribution is 5.93. The SMILES string of the molecule is Cc1ccc2c(c1)c(-c1cccc(CN3CCOCC3)c1)nn2C. The van der Waals surface area contributed by atoms with Gasteiger partial charge in [0.25, 0.3) is 0 Å². The van der Waals surface area contributed by atoms with Crippen molar-refractivity contribution in [3.05, 3.63) is 53.6 Å². The summed E-state index contributed by atoms with van der Waals surface area (Å²) < 4.78 is 7.41. The molecule has 124 valence electrons. The number of hydrogen-bond donors (Lipinski definition) is 0. The van der Waals surface area contributed by atoms with Gasteiger partial charge in [0.05, 0.1) is 18.7 Å². The molecule has 0 bridgehead atoms. The smallest absolute Gasteiger partial charge is 0.100 e. The van der Waals surface area contributed by atoms with E-state index in [-0.39, 0.29) is 0 Å². The maximum absolute atomic E-state index is 5.44. The van der Waals surface area contributed by atoms with Gasteiger partial charge in [-0.05, 0) is 30.7 Å². The second kappa shape index (κ2) is 6.38. The third-order valence-corrected chi connectivity index (χ3v) is 4.72.